The van der Waals surface area contributed by atoms with E-state index < -0.39 is 29.4 Å². The molecule has 1 fully saturated rings. The molecule has 156 valence electrons. The number of carbonyl (C=O) groups excluding carboxylic acids is 1. The number of para-hydroxylation sites is 1. The standard InChI is InChI=1S/C20H17F4N5O/c21-12-5-10(4-11(6-12)20(22,23)24)15-7-26-8-16(15)29-19-14-3-1-2-13(18(25)30)17(14)27-9-28-19/h1-6,9,15-16,26H,7-8H2,(H2,25,30)(H,27,28,29)/t15-,16+/m0/s1. The van der Waals surface area contributed by atoms with Gasteiger partial charge in [0, 0.05) is 30.4 Å². The maximum Gasteiger partial charge on any atom is 0.416 e. The van der Waals surface area contributed by atoms with Crippen LogP contribution >= 0.6 is 0 Å². The number of hydrogen-bond acceptors (Lipinski definition) is 5. The smallest absolute Gasteiger partial charge is 0.366 e. The molecule has 1 aromatic heterocycles. The van der Waals surface area contributed by atoms with Gasteiger partial charge in [-0.25, -0.2) is 14.4 Å². The number of fused-ring (bicyclic) bond motifs is 1. The van der Waals surface area contributed by atoms with E-state index in [2.05, 4.69) is 20.6 Å². The van der Waals surface area contributed by atoms with E-state index >= 15 is 0 Å². The molecule has 1 aliphatic heterocycles. The highest BCUT2D eigenvalue weighted by atomic mass is 19.4. The van der Waals surface area contributed by atoms with Gasteiger partial charge in [-0.2, -0.15) is 13.2 Å². The highest BCUT2D eigenvalue weighted by molar-refractivity contribution is 6.06. The van der Waals surface area contributed by atoms with E-state index in [1.54, 1.807) is 18.2 Å². The van der Waals surface area contributed by atoms with Gasteiger partial charge >= 0.3 is 6.18 Å². The fourth-order valence-electron chi connectivity index (χ4n) is 3.75. The van der Waals surface area contributed by atoms with Gasteiger partial charge in [0.15, 0.2) is 0 Å². The number of aromatic nitrogens is 2. The van der Waals surface area contributed by atoms with Crippen LogP contribution in [0.25, 0.3) is 10.9 Å². The molecule has 1 saturated heterocycles. The van der Waals surface area contributed by atoms with Crippen molar-refractivity contribution in [1.29, 1.82) is 0 Å². The van der Waals surface area contributed by atoms with Crippen LogP contribution in [0.15, 0.2) is 42.7 Å². The van der Waals surface area contributed by atoms with Crippen LogP contribution in [0.5, 0.6) is 0 Å². The molecule has 1 aliphatic rings. The molecule has 0 saturated carbocycles. The van der Waals surface area contributed by atoms with Crippen molar-refractivity contribution in [2.24, 2.45) is 5.73 Å². The summed E-state index contributed by atoms with van der Waals surface area (Å²) in [5.74, 6) is -1.59. The zero-order valence-electron chi connectivity index (χ0n) is 15.5. The van der Waals surface area contributed by atoms with Crippen molar-refractivity contribution in [2.75, 3.05) is 18.4 Å². The zero-order valence-corrected chi connectivity index (χ0v) is 15.5. The molecule has 0 radical (unpaired) electrons. The average Bonchev–Trinajstić information content (AvgIpc) is 3.15. The minimum atomic E-state index is -4.64. The number of anilines is 1. The topological polar surface area (TPSA) is 92.9 Å². The molecule has 0 unspecified atom stereocenters. The fourth-order valence-corrected chi connectivity index (χ4v) is 3.75. The summed E-state index contributed by atoms with van der Waals surface area (Å²) in [6.07, 6.45) is -3.36. The summed E-state index contributed by atoms with van der Waals surface area (Å²) >= 11 is 0. The first-order chi connectivity index (χ1) is 14.2. The van der Waals surface area contributed by atoms with E-state index in [0.29, 0.717) is 35.9 Å². The Hall–Kier alpha value is -3.27. The third-order valence-electron chi connectivity index (χ3n) is 5.14. The molecule has 30 heavy (non-hydrogen) atoms. The van der Waals surface area contributed by atoms with E-state index in [4.69, 9.17) is 5.73 Å². The SMILES string of the molecule is NC(=O)c1cccc2c(N[C@@H]3CNC[C@H]3c3cc(F)cc(C(F)(F)F)c3)ncnc12. The lowest BCUT2D eigenvalue weighted by Crippen LogP contribution is -2.28. The van der Waals surface area contributed by atoms with Crippen molar-refractivity contribution in [3.63, 3.8) is 0 Å². The summed E-state index contributed by atoms with van der Waals surface area (Å²) in [5, 5.41) is 6.87. The van der Waals surface area contributed by atoms with Crippen molar-refractivity contribution < 1.29 is 22.4 Å². The van der Waals surface area contributed by atoms with Crippen molar-refractivity contribution in [2.45, 2.75) is 18.1 Å². The van der Waals surface area contributed by atoms with E-state index in [0.717, 1.165) is 12.1 Å². The molecule has 10 heteroatoms. The largest absolute Gasteiger partial charge is 0.416 e. The summed E-state index contributed by atoms with van der Waals surface area (Å²) in [6.45, 7) is 0.803. The van der Waals surface area contributed by atoms with Gasteiger partial charge in [-0.1, -0.05) is 6.07 Å². The molecule has 2 aromatic carbocycles. The zero-order chi connectivity index (χ0) is 21.5. The maximum absolute atomic E-state index is 13.9. The van der Waals surface area contributed by atoms with Crippen LogP contribution < -0.4 is 16.4 Å². The number of carbonyl (C=O) groups is 1. The molecule has 0 bridgehead atoms. The molecular weight excluding hydrogens is 402 g/mol. The lowest BCUT2D eigenvalue weighted by molar-refractivity contribution is -0.137. The Labute approximate surface area is 168 Å². The third-order valence-corrected chi connectivity index (χ3v) is 5.14. The Morgan fingerprint density at radius 3 is 2.70 bits per heavy atom. The Bertz CT molecular complexity index is 1120. The minimum absolute atomic E-state index is 0.235. The van der Waals surface area contributed by atoms with Crippen LogP contribution in [0, 0.1) is 5.82 Å². The molecule has 0 spiro atoms. The predicted molar refractivity (Wildman–Crippen MR) is 102 cm³/mol. The van der Waals surface area contributed by atoms with Crippen LogP contribution in [-0.4, -0.2) is 35.0 Å². The number of nitrogens with two attached hydrogens (primary N) is 1. The van der Waals surface area contributed by atoms with Crippen molar-refractivity contribution in [3.8, 4) is 0 Å². The molecule has 1 amide bonds. The number of amides is 1. The van der Waals surface area contributed by atoms with Gasteiger partial charge in [-0.05, 0) is 35.9 Å². The van der Waals surface area contributed by atoms with Gasteiger partial charge < -0.3 is 16.4 Å². The second kappa shape index (κ2) is 7.52. The highest BCUT2D eigenvalue weighted by Gasteiger charge is 2.35. The van der Waals surface area contributed by atoms with Crippen molar-refractivity contribution in [1.82, 2.24) is 15.3 Å². The van der Waals surface area contributed by atoms with E-state index in [-0.39, 0.29) is 17.2 Å². The number of halogens is 4. The Morgan fingerprint density at radius 2 is 1.97 bits per heavy atom. The first kappa shape index (κ1) is 20.0. The molecule has 2 atom stereocenters. The lowest BCUT2D eigenvalue weighted by atomic mass is 9.92. The number of nitrogens with one attached hydrogen (secondary N) is 2. The number of nitrogens with zero attached hydrogens (tertiary/aromatic N) is 2. The van der Waals surface area contributed by atoms with Gasteiger partial charge in [0.05, 0.1) is 16.6 Å². The molecular formula is C20H17F4N5O. The fraction of sp³-hybridized carbons (Fsp3) is 0.250. The summed E-state index contributed by atoms with van der Waals surface area (Å²) in [7, 11) is 0. The number of hydrogen-bond donors (Lipinski definition) is 3. The van der Waals surface area contributed by atoms with Crippen LogP contribution in [0.1, 0.15) is 27.4 Å². The first-order valence-electron chi connectivity index (χ1n) is 9.12. The first-order valence-corrected chi connectivity index (χ1v) is 9.12. The third kappa shape index (κ3) is 3.78. The van der Waals surface area contributed by atoms with Gasteiger partial charge in [0.1, 0.15) is 18.0 Å². The lowest BCUT2D eigenvalue weighted by Gasteiger charge is -2.22. The molecule has 2 heterocycles. The molecule has 4 N–H and O–H groups in total. The second-order valence-electron chi connectivity index (χ2n) is 7.07. The molecule has 0 aliphatic carbocycles. The Kier molecular flexibility index (Phi) is 5.02. The van der Waals surface area contributed by atoms with Crippen LogP contribution in [0.4, 0.5) is 23.4 Å². The van der Waals surface area contributed by atoms with Gasteiger partial charge in [-0.3, -0.25) is 4.79 Å². The summed E-state index contributed by atoms with van der Waals surface area (Å²) in [4.78, 5) is 20.0. The Balaban J connectivity index is 1.69. The number of benzene rings is 2. The normalized spacial score (nSPS) is 19.2. The van der Waals surface area contributed by atoms with Crippen molar-refractivity contribution in [3.05, 3.63) is 65.2 Å². The van der Waals surface area contributed by atoms with E-state index in [9.17, 15) is 22.4 Å². The predicted octanol–water partition coefficient (Wildman–Crippen LogP) is 3.05. The summed E-state index contributed by atoms with van der Waals surface area (Å²) in [5.41, 5.74) is 5.21. The van der Waals surface area contributed by atoms with Gasteiger partial charge in [0.2, 0.25) is 0 Å². The van der Waals surface area contributed by atoms with Gasteiger partial charge in [-0.15, -0.1) is 0 Å². The molecule has 6 nitrogen and oxygen atoms in total. The summed E-state index contributed by atoms with van der Waals surface area (Å²) in [6, 6.07) is 7.12. The van der Waals surface area contributed by atoms with Crippen LogP contribution in [-0.2, 0) is 6.18 Å². The number of alkyl halides is 3. The second-order valence-corrected chi connectivity index (χ2v) is 7.07. The molecule has 3 aromatic rings. The van der Waals surface area contributed by atoms with Gasteiger partial charge in [0.25, 0.3) is 5.91 Å². The molecule has 4 rings (SSSR count). The minimum Gasteiger partial charge on any atom is -0.366 e. The highest BCUT2D eigenvalue weighted by Crippen LogP contribution is 2.34. The number of primary amides is 1. The van der Waals surface area contributed by atoms with Crippen LogP contribution in [0.3, 0.4) is 0 Å². The Morgan fingerprint density at radius 1 is 1.17 bits per heavy atom. The maximum atomic E-state index is 13.9. The quantitative estimate of drug-likeness (QED) is 0.566. The number of rotatable bonds is 4. The van der Waals surface area contributed by atoms with Crippen LogP contribution in [0.2, 0.25) is 0 Å². The summed E-state index contributed by atoms with van der Waals surface area (Å²) < 4.78 is 53.2. The van der Waals surface area contributed by atoms with Crippen molar-refractivity contribution >= 4 is 22.6 Å². The monoisotopic (exact) mass is 419 g/mol. The van der Waals surface area contributed by atoms with E-state index in [1.807, 2.05) is 0 Å². The average molecular weight is 419 g/mol. The van der Waals surface area contributed by atoms with E-state index in [1.165, 1.54) is 6.33 Å².